The molecule has 5 nitrogen and oxygen atoms in total. The number of nitrogens with zero attached hydrogens (tertiary/aromatic N) is 2. The third kappa shape index (κ3) is 2.70. The number of nitrogens with two attached hydrogens (primary N) is 1. The maximum atomic E-state index is 10.1. The number of hydrogen-bond donors (Lipinski definition) is 1. The third-order valence-electron chi connectivity index (χ3n) is 1.84. The van der Waals surface area contributed by atoms with Gasteiger partial charge in [-0.05, 0) is 16.7 Å². The molecule has 0 spiro atoms. The van der Waals surface area contributed by atoms with Crippen LogP contribution < -0.4 is 5.73 Å². The molecule has 1 aromatic rings. The zero-order valence-electron chi connectivity index (χ0n) is 7.64. The Balaban J connectivity index is 2.99. The standard InChI is InChI=1S/C9H11N3O2/c10-4-7-1-8(5-11-13)3-9(2-7)6-12-14/h1-3H,4-6,10H2. The largest absolute Gasteiger partial charge is 0.326 e. The molecule has 0 atom stereocenters. The summed E-state index contributed by atoms with van der Waals surface area (Å²) in [5.74, 6) is 0. The molecule has 0 aliphatic carbocycles. The van der Waals surface area contributed by atoms with Gasteiger partial charge in [-0.1, -0.05) is 28.6 Å². The Labute approximate surface area is 81.3 Å². The van der Waals surface area contributed by atoms with Crippen molar-refractivity contribution in [2.75, 3.05) is 0 Å². The molecule has 0 amide bonds. The van der Waals surface area contributed by atoms with Gasteiger partial charge in [0.2, 0.25) is 0 Å². The van der Waals surface area contributed by atoms with Crippen LogP contribution in [0.25, 0.3) is 0 Å². The average molecular weight is 193 g/mol. The summed E-state index contributed by atoms with van der Waals surface area (Å²) in [5, 5.41) is 5.57. The first-order valence-corrected chi connectivity index (χ1v) is 4.20. The van der Waals surface area contributed by atoms with Crippen molar-refractivity contribution in [3.05, 3.63) is 44.7 Å². The number of nitroso groups, excluding NO2 is 2. The maximum absolute atomic E-state index is 10.1. The van der Waals surface area contributed by atoms with Crippen molar-refractivity contribution in [1.82, 2.24) is 0 Å². The van der Waals surface area contributed by atoms with Crippen LogP contribution in [0.3, 0.4) is 0 Å². The molecule has 1 rings (SSSR count). The molecule has 0 saturated heterocycles. The summed E-state index contributed by atoms with van der Waals surface area (Å²) in [6.45, 7) is 0.567. The molecular weight excluding hydrogens is 182 g/mol. The van der Waals surface area contributed by atoms with Gasteiger partial charge in [0.25, 0.3) is 0 Å². The molecule has 14 heavy (non-hydrogen) atoms. The fourth-order valence-electron chi connectivity index (χ4n) is 1.29. The van der Waals surface area contributed by atoms with E-state index in [1.807, 2.05) is 0 Å². The fourth-order valence-corrected chi connectivity index (χ4v) is 1.29. The lowest BCUT2D eigenvalue weighted by Crippen LogP contribution is -1.99. The monoisotopic (exact) mass is 193 g/mol. The summed E-state index contributed by atoms with van der Waals surface area (Å²) < 4.78 is 0. The second-order valence-electron chi connectivity index (χ2n) is 2.94. The third-order valence-corrected chi connectivity index (χ3v) is 1.84. The Bertz CT molecular complexity index is 311. The number of rotatable bonds is 5. The lowest BCUT2D eigenvalue weighted by Gasteiger charge is -2.03. The first-order valence-electron chi connectivity index (χ1n) is 4.20. The SMILES string of the molecule is NCc1cc(CN=O)cc(CN=O)c1. The minimum Gasteiger partial charge on any atom is -0.326 e. The Hall–Kier alpha value is -1.62. The van der Waals surface area contributed by atoms with E-state index in [2.05, 4.69) is 10.4 Å². The summed E-state index contributed by atoms with van der Waals surface area (Å²) >= 11 is 0. The van der Waals surface area contributed by atoms with E-state index in [0.29, 0.717) is 6.54 Å². The molecule has 0 aromatic heterocycles. The second-order valence-corrected chi connectivity index (χ2v) is 2.94. The van der Waals surface area contributed by atoms with Gasteiger partial charge in [0.15, 0.2) is 0 Å². The van der Waals surface area contributed by atoms with Crippen LogP contribution in [0.1, 0.15) is 16.7 Å². The van der Waals surface area contributed by atoms with Crippen LogP contribution >= 0.6 is 0 Å². The fraction of sp³-hybridized carbons (Fsp3) is 0.333. The van der Waals surface area contributed by atoms with E-state index in [9.17, 15) is 9.81 Å². The quantitative estimate of drug-likeness (QED) is 0.722. The summed E-state index contributed by atoms with van der Waals surface area (Å²) in [4.78, 5) is 20.2. The molecule has 0 unspecified atom stereocenters. The highest BCUT2D eigenvalue weighted by Crippen LogP contribution is 2.12. The van der Waals surface area contributed by atoms with Gasteiger partial charge in [-0.15, -0.1) is 0 Å². The van der Waals surface area contributed by atoms with Crippen LogP contribution in [0, 0.1) is 9.81 Å². The van der Waals surface area contributed by atoms with E-state index in [-0.39, 0.29) is 13.1 Å². The van der Waals surface area contributed by atoms with Crippen molar-refractivity contribution < 1.29 is 0 Å². The van der Waals surface area contributed by atoms with Gasteiger partial charge < -0.3 is 5.73 Å². The van der Waals surface area contributed by atoms with Gasteiger partial charge in [-0.25, -0.2) is 0 Å². The first kappa shape index (κ1) is 10.5. The smallest absolute Gasteiger partial charge is 0.106 e. The predicted octanol–water partition coefficient (Wildman–Crippen LogP) is 1.68. The van der Waals surface area contributed by atoms with E-state index >= 15 is 0 Å². The van der Waals surface area contributed by atoms with E-state index in [1.165, 1.54) is 0 Å². The van der Waals surface area contributed by atoms with Crippen LogP contribution in [0.15, 0.2) is 28.6 Å². The van der Waals surface area contributed by atoms with Crippen LogP contribution in [0.5, 0.6) is 0 Å². The number of hydrogen-bond acceptors (Lipinski definition) is 5. The Morgan fingerprint density at radius 1 is 0.929 bits per heavy atom. The first-order chi connectivity index (χ1) is 6.80. The van der Waals surface area contributed by atoms with E-state index < -0.39 is 0 Å². The highest BCUT2D eigenvalue weighted by molar-refractivity contribution is 5.30. The molecule has 74 valence electrons. The van der Waals surface area contributed by atoms with Crippen LogP contribution in [-0.2, 0) is 19.6 Å². The molecule has 0 aliphatic rings. The van der Waals surface area contributed by atoms with Gasteiger partial charge >= 0.3 is 0 Å². The molecular formula is C9H11N3O2. The topological polar surface area (TPSA) is 84.9 Å². The molecule has 0 heterocycles. The average Bonchev–Trinajstić information content (AvgIpc) is 2.18. The maximum Gasteiger partial charge on any atom is 0.106 e. The minimum absolute atomic E-state index is 0.0969. The number of benzene rings is 1. The molecule has 0 radical (unpaired) electrons. The normalized spacial score (nSPS) is 9.79. The molecule has 0 saturated carbocycles. The highest BCUT2D eigenvalue weighted by Gasteiger charge is 2.00. The Morgan fingerprint density at radius 2 is 1.36 bits per heavy atom. The van der Waals surface area contributed by atoms with Crippen molar-refractivity contribution >= 4 is 0 Å². The summed E-state index contributed by atoms with van der Waals surface area (Å²) in [7, 11) is 0. The van der Waals surface area contributed by atoms with Crippen molar-refractivity contribution in [2.24, 2.45) is 16.1 Å². The van der Waals surface area contributed by atoms with Gasteiger partial charge in [0.1, 0.15) is 13.1 Å². The summed E-state index contributed by atoms with van der Waals surface area (Å²) in [6, 6.07) is 5.34. The molecule has 0 fully saturated rings. The lowest BCUT2D eigenvalue weighted by molar-refractivity contribution is 0.980. The predicted molar refractivity (Wildman–Crippen MR) is 53.3 cm³/mol. The van der Waals surface area contributed by atoms with Crippen LogP contribution in [-0.4, -0.2) is 0 Å². The van der Waals surface area contributed by atoms with Gasteiger partial charge in [0, 0.05) is 6.54 Å². The molecule has 2 N–H and O–H groups in total. The van der Waals surface area contributed by atoms with Crippen molar-refractivity contribution in [3.8, 4) is 0 Å². The minimum atomic E-state index is 0.0969. The van der Waals surface area contributed by atoms with E-state index in [1.54, 1.807) is 18.2 Å². The van der Waals surface area contributed by atoms with Crippen LogP contribution in [0.2, 0.25) is 0 Å². The van der Waals surface area contributed by atoms with Gasteiger partial charge in [-0.3, -0.25) is 0 Å². The highest BCUT2D eigenvalue weighted by atomic mass is 16.3. The van der Waals surface area contributed by atoms with Crippen molar-refractivity contribution in [1.29, 1.82) is 0 Å². The van der Waals surface area contributed by atoms with E-state index in [0.717, 1.165) is 16.7 Å². The Kier molecular flexibility index (Phi) is 3.87. The van der Waals surface area contributed by atoms with E-state index in [4.69, 9.17) is 5.73 Å². The van der Waals surface area contributed by atoms with Crippen molar-refractivity contribution in [3.63, 3.8) is 0 Å². The second kappa shape index (κ2) is 5.18. The summed E-state index contributed by atoms with van der Waals surface area (Å²) in [5.41, 5.74) is 7.87. The molecule has 5 heteroatoms. The summed E-state index contributed by atoms with van der Waals surface area (Å²) in [6.07, 6.45) is 0. The zero-order chi connectivity index (χ0) is 10.4. The van der Waals surface area contributed by atoms with Crippen LogP contribution in [0.4, 0.5) is 0 Å². The Morgan fingerprint density at radius 3 is 1.71 bits per heavy atom. The molecule has 0 aliphatic heterocycles. The molecule has 1 aromatic carbocycles. The van der Waals surface area contributed by atoms with Gasteiger partial charge in [-0.2, -0.15) is 9.81 Å². The molecule has 0 bridgehead atoms. The van der Waals surface area contributed by atoms with Gasteiger partial charge in [0.05, 0.1) is 0 Å². The zero-order valence-corrected chi connectivity index (χ0v) is 7.64. The van der Waals surface area contributed by atoms with Crippen molar-refractivity contribution in [2.45, 2.75) is 19.6 Å². The lowest BCUT2D eigenvalue weighted by atomic mass is 10.1.